The second kappa shape index (κ2) is 3.44. The average molecular weight is 193 g/mol. The van der Waals surface area contributed by atoms with Crippen molar-refractivity contribution in [2.24, 2.45) is 7.05 Å². The number of nitrogens with one attached hydrogen (secondary N) is 1. The minimum Gasteiger partial charge on any atom is -0.353 e. The lowest BCUT2D eigenvalue weighted by atomic mass is 10.1. The first-order valence-electron chi connectivity index (χ1n) is 4.93. The van der Waals surface area contributed by atoms with Crippen molar-refractivity contribution in [2.45, 2.75) is 32.2 Å². The molecule has 0 spiro atoms. The largest absolute Gasteiger partial charge is 0.353 e. The van der Waals surface area contributed by atoms with Crippen LogP contribution in [0.2, 0.25) is 0 Å². The SMILES string of the molecule is Cc1cnn(C)c1CC1CCC(=O)N1. The van der Waals surface area contributed by atoms with Crippen LogP contribution < -0.4 is 5.32 Å². The number of amides is 1. The number of rotatable bonds is 2. The van der Waals surface area contributed by atoms with Crippen LogP contribution in [0, 0.1) is 6.92 Å². The molecular weight excluding hydrogens is 178 g/mol. The Morgan fingerprint density at radius 3 is 3.00 bits per heavy atom. The maximum absolute atomic E-state index is 11.0. The molecule has 1 N–H and O–H groups in total. The van der Waals surface area contributed by atoms with Crippen molar-refractivity contribution in [1.82, 2.24) is 15.1 Å². The molecule has 1 fully saturated rings. The molecule has 1 aliphatic rings. The van der Waals surface area contributed by atoms with Crippen LogP contribution in [-0.2, 0) is 18.3 Å². The Balaban J connectivity index is 2.07. The van der Waals surface area contributed by atoms with Crippen LogP contribution in [0.4, 0.5) is 0 Å². The first-order chi connectivity index (χ1) is 6.66. The predicted molar refractivity (Wildman–Crippen MR) is 52.8 cm³/mol. The van der Waals surface area contributed by atoms with E-state index in [2.05, 4.69) is 17.3 Å². The summed E-state index contributed by atoms with van der Waals surface area (Å²) in [6.45, 7) is 2.05. The Bertz CT molecular complexity index is 337. The van der Waals surface area contributed by atoms with Crippen LogP contribution in [0.5, 0.6) is 0 Å². The summed E-state index contributed by atoms with van der Waals surface area (Å²) in [6.07, 6.45) is 4.38. The van der Waals surface area contributed by atoms with Gasteiger partial charge in [-0.2, -0.15) is 5.10 Å². The van der Waals surface area contributed by atoms with Gasteiger partial charge in [0.15, 0.2) is 0 Å². The Morgan fingerprint density at radius 2 is 2.50 bits per heavy atom. The van der Waals surface area contributed by atoms with E-state index in [1.807, 2.05) is 17.9 Å². The molecule has 1 saturated heterocycles. The Kier molecular flexibility index (Phi) is 2.27. The monoisotopic (exact) mass is 193 g/mol. The topological polar surface area (TPSA) is 46.9 Å². The van der Waals surface area contributed by atoms with Crippen molar-refractivity contribution in [3.05, 3.63) is 17.5 Å². The Labute approximate surface area is 83.3 Å². The van der Waals surface area contributed by atoms with Gasteiger partial charge < -0.3 is 5.32 Å². The molecule has 0 bridgehead atoms. The van der Waals surface area contributed by atoms with E-state index in [0.717, 1.165) is 12.8 Å². The molecule has 4 nitrogen and oxygen atoms in total. The van der Waals surface area contributed by atoms with Crippen molar-refractivity contribution in [2.75, 3.05) is 0 Å². The fourth-order valence-electron chi connectivity index (χ4n) is 1.93. The number of hydrogen-bond donors (Lipinski definition) is 1. The zero-order valence-corrected chi connectivity index (χ0v) is 8.58. The normalized spacial score (nSPS) is 21.3. The van der Waals surface area contributed by atoms with E-state index in [0.29, 0.717) is 12.5 Å². The molecule has 14 heavy (non-hydrogen) atoms. The van der Waals surface area contributed by atoms with E-state index in [9.17, 15) is 4.79 Å². The third-order valence-corrected chi connectivity index (χ3v) is 2.80. The highest BCUT2D eigenvalue weighted by atomic mass is 16.1. The summed E-state index contributed by atoms with van der Waals surface area (Å²) in [5.41, 5.74) is 2.42. The number of carbonyl (C=O) groups excluding carboxylic acids is 1. The predicted octanol–water partition coefficient (Wildman–Crippen LogP) is 0.550. The fourth-order valence-corrected chi connectivity index (χ4v) is 1.93. The molecule has 1 aliphatic heterocycles. The van der Waals surface area contributed by atoms with E-state index >= 15 is 0 Å². The van der Waals surface area contributed by atoms with E-state index in [4.69, 9.17) is 0 Å². The van der Waals surface area contributed by atoms with Gasteiger partial charge in [-0.05, 0) is 18.9 Å². The van der Waals surface area contributed by atoms with Gasteiger partial charge >= 0.3 is 0 Å². The lowest BCUT2D eigenvalue weighted by Crippen LogP contribution is -2.28. The van der Waals surface area contributed by atoms with E-state index in [1.165, 1.54) is 11.3 Å². The maximum Gasteiger partial charge on any atom is 0.220 e. The van der Waals surface area contributed by atoms with Crippen LogP contribution in [-0.4, -0.2) is 21.7 Å². The smallest absolute Gasteiger partial charge is 0.220 e. The third-order valence-electron chi connectivity index (χ3n) is 2.80. The second-order valence-corrected chi connectivity index (χ2v) is 3.91. The molecule has 1 amide bonds. The van der Waals surface area contributed by atoms with E-state index in [1.54, 1.807) is 0 Å². The molecule has 0 aliphatic carbocycles. The maximum atomic E-state index is 11.0. The van der Waals surface area contributed by atoms with Crippen molar-refractivity contribution >= 4 is 5.91 Å². The van der Waals surface area contributed by atoms with Crippen molar-refractivity contribution < 1.29 is 4.79 Å². The molecule has 1 atom stereocenters. The summed E-state index contributed by atoms with van der Waals surface area (Å²) in [6, 6.07) is 0.302. The van der Waals surface area contributed by atoms with Crippen LogP contribution in [0.3, 0.4) is 0 Å². The van der Waals surface area contributed by atoms with Gasteiger partial charge in [-0.25, -0.2) is 0 Å². The van der Waals surface area contributed by atoms with Gasteiger partial charge in [0.2, 0.25) is 5.91 Å². The number of aromatic nitrogens is 2. The lowest BCUT2D eigenvalue weighted by Gasteiger charge is -2.10. The molecule has 1 aromatic rings. The number of hydrogen-bond acceptors (Lipinski definition) is 2. The molecule has 1 unspecified atom stereocenters. The zero-order valence-electron chi connectivity index (χ0n) is 8.58. The Morgan fingerprint density at radius 1 is 1.71 bits per heavy atom. The quantitative estimate of drug-likeness (QED) is 0.745. The second-order valence-electron chi connectivity index (χ2n) is 3.91. The van der Waals surface area contributed by atoms with Gasteiger partial charge in [0.25, 0.3) is 0 Å². The minimum absolute atomic E-state index is 0.176. The van der Waals surface area contributed by atoms with Crippen LogP contribution in [0.25, 0.3) is 0 Å². The molecule has 2 rings (SSSR count). The molecule has 1 aromatic heterocycles. The lowest BCUT2D eigenvalue weighted by molar-refractivity contribution is -0.119. The van der Waals surface area contributed by atoms with Gasteiger partial charge in [-0.1, -0.05) is 0 Å². The summed E-state index contributed by atoms with van der Waals surface area (Å²) < 4.78 is 1.89. The van der Waals surface area contributed by atoms with Gasteiger partial charge in [0.05, 0.1) is 6.20 Å². The molecule has 0 radical (unpaired) electrons. The molecule has 0 aromatic carbocycles. The van der Waals surface area contributed by atoms with E-state index < -0.39 is 0 Å². The van der Waals surface area contributed by atoms with Crippen molar-refractivity contribution in [1.29, 1.82) is 0 Å². The van der Waals surface area contributed by atoms with Gasteiger partial charge in [0, 0.05) is 31.6 Å². The first kappa shape index (κ1) is 9.24. The molecular formula is C10H15N3O. The summed E-state index contributed by atoms with van der Waals surface area (Å²) in [5, 5.41) is 7.15. The summed E-state index contributed by atoms with van der Waals surface area (Å²) in [4.78, 5) is 11.0. The summed E-state index contributed by atoms with van der Waals surface area (Å²) >= 11 is 0. The molecule has 4 heteroatoms. The third kappa shape index (κ3) is 1.64. The number of nitrogens with zero attached hydrogens (tertiary/aromatic N) is 2. The van der Waals surface area contributed by atoms with Crippen LogP contribution in [0.15, 0.2) is 6.20 Å². The van der Waals surface area contributed by atoms with Gasteiger partial charge in [-0.3, -0.25) is 9.48 Å². The van der Waals surface area contributed by atoms with Crippen LogP contribution in [0.1, 0.15) is 24.1 Å². The fraction of sp³-hybridized carbons (Fsp3) is 0.600. The molecule has 2 heterocycles. The highest BCUT2D eigenvalue weighted by molar-refractivity contribution is 5.78. The van der Waals surface area contributed by atoms with Gasteiger partial charge in [-0.15, -0.1) is 0 Å². The van der Waals surface area contributed by atoms with Crippen molar-refractivity contribution in [3.8, 4) is 0 Å². The number of carbonyl (C=O) groups is 1. The van der Waals surface area contributed by atoms with Crippen LogP contribution >= 0.6 is 0 Å². The highest BCUT2D eigenvalue weighted by Gasteiger charge is 2.22. The Hall–Kier alpha value is -1.32. The number of aryl methyl sites for hydroxylation is 2. The highest BCUT2D eigenvalue weighted by Crippen LogP contribution is 2.14. The van der Waals surface area contributed by atoms with Gasteiger partial charge in [0.1, 0.15) is 0 Å². The first-order valence-corrected chi connectivity index (χ1v) is 4.93. The summed E-state index contributed by atoms with van der Waals surface area (Å²) in [7, 11) is 1.94. The van der Waals surface area contributed by atoms with Crippen molar-refractivity contribution in [3.63, 3.8) is 0 Å². The van der Waals surface area contributed by atoms with E-state index in [-0.39, 0.29) is 5.91 Å². The molecule has 0 saturated carbocycles. The standard InChI is InChI=1S/C10H15N3O/c1-7-6-11-13(2)9(7)5-8-3-4-10(14)12-8/h6,8H,3-5H2,1-2H3,(H,12,14). The zero-order chi connectivity index (χ0) is 10.1. The minimum atomic E-state index is 0.176. The molecule has 76 valence electrons. The average Bonchev–Trinajstić information content (AvgIpc) is 2.67. The summed E-state index contributed by atoms with van der Waals surface area (Å²) in [5.74, 6) is 0.176.